The minimum absolute atomic E-state index is 0.143. The van der Waals surface area contributed by atoms with Crippen LogP contribution in [0.5, 0.6) is 0 Å². The minimum Gasteiger partial charge on any atom is -0.289 e. The second-order valence-corrected chi connectivity index (χ2v) is 3.37. The summed E-state index contributed by atoms with van der Waals surface area (Å²) in [6.45, 7) is 2.67. The van der Waals surface area contributed by atoms with E-state index in [4.69, 9.17) is 0 Å². The molecule has 0 amide bonds. The van der Waals surface area contributed by atoms with Gasteiger partial charge in [0.25, 0.3) is 0 Å². The molecule has 0 spiro atoms. The summed E-state index contributed by atoms with van der Waals surface area (Å²) >= 11 is 0. The summed E-state index contributed by atoms with van der Waals surface area (Å²) in [6, 6.07) is 9.63. The van der Waals surface area contributed by atoms with E-state index < -0.39 is 0 Å². The van der Waals surface area contributed by atoms with Crippen molar-refractivity contribution >= 4 is 0 Å². The number of benzene rings is 1. The zero-order valence-corrected chi connectivity index (χ0v) is 8.60. The van der Waals surface area contributed by atoms with Gasteiger partial charge in [-0.15, -0.1) is 5.10 Å². The molecule has 0 radical (unpaired) electrons. The molecule has 1 heterocycles. The van der Waals surface area contributed by atoms with E-state index in [1.165, 1.54) is 4.68 Å². The molecule has 2 rings (SSSR count). The van der Waals surface area contributed by atoms with Crippen LogP contribution in [0.4, 0.5) is 0 Å². The van der Waals surface area contributed by atoms with Crippen molar-refractivity contribution in [3.8, 4) is 11.4 Å². The van der Waals surface area contributed by atoms with Crippen LogP contribution in [-0.4, -0.2) is 14.8 Å². The predicted octanol–water partition coefficient (Wildman–Crippen LogP) is 1.65. The van der Waals surface area contributed by atoms with Gasteiger partial charge in [-0.25, -0.2) is 9.48 Å². The molecule has 1 aromatic carbocycles. The Morgan fingerprint density at radius 1 is 1.33 bits per heavy atom. The van der Waals surface area contributed by atoms with Crippen LogP contribution in [0.2, 0.25) is 0 Å². The Kier molecular flexibility index (Phi) is 2.67. The minimum atomic E-state index is -0.143. The Labute approximate surface area is 87.6 Å². The number of nitrogens with zero attached hydrogens (tertiary/aromatic N) is 2. The van der Waals surface area contributed by atoms with Gasteiger partial charge in [0.15, 0.2) is 5.82 Å². The Bertz CT molecular complexity index is 484. The summed E-state index contributed by atoms with van der Waals surface area (Å²) in [5.41, 5.74) is 0.792. The molecule has 0 fully saturated rings. The number of hydrogen-bond donors (Lipinski definition) is 1. The van der Waals surface area contributed by atoms with Gasteiger partial charge in [-0.2, -0.15) is 0 Å². The lowest BCUT2D eigenvalue weighted by molar-refractivity contribution is 0.583. The molecule has 0 aliphatic heterocycles. The normalized spacial score (nSPS) is 10.5. The highest BCUT2D eigenvalue weighted by Gasteiger charge is 2.05. The number of H-pyrrole nitrogens is 1. The van der Waals surface area contributed by atoms with Gasteiger partial charge in [0.2, 0.25) is 0 Å². The lowest BCUT2D eigenvalue weighted by Gasteiger charge is -1.94. The Morgan fingerprint density at radius 2 is 2.07 bits per heavy atom. The molecule has 0 saturated carbocycles. The monoisotopic (exact) mass is 203 g/mol. The number of aryl methyl sites for hydroxylation is 1. The van der Waals surface area contributed by atoms with Crippen LogP contribution in [0.1, 0.15) is 13.3 Å². The van der Waals surface area contributed by atoms with Crippen molar-refractivity contribution in [2.75, 3.05) is 0 Å². The van der Waals surface area contributed by atoms with Gasteiger partial charge in [0.1, 0.15) is 0 Å². The van der Waals surface area contributed by atoms with Gasteiger partial charge < -0.3 is 0 Å². The molecule has 0 aliphatic carbocycles. The van der Waals surface area contributed by atoms with Crippen molar-refractivity contribution in [1.82, 2.24) is 14.8 Å². The number of nitrogens with one attached hydrogen (secondary N) is 1. The number of rotatable bonds is 3. The highest BCUT2D eigenvalue weighted by Crippen LogP contribution is 2.11. The van der Waals surface area contributed by atoms with Crippen molar-refractivity contribution in [2.24, 2.45) is 0 Å². The molecule has 0 aliphatic rings. The van der Waals surface area contributed by atoms with Crippen LogP contribution in [-0.2, 0) is 6.54 Å². The summed E-state index contributed by atoms with van der Waals surface area (Å²) in [5.74, 6) is 0.633. The first-order valence-electron chi connectivity index (χ1n) is 5.04. The third kappa shape index (κ3) is 1.98. The molecule has 1 N–H and O–H groups in total. The Hall–Kier alpha value is -1.84. The molecule has 2 aromatic rings. The first kappa shape index (κ1) is 9.71. The summed E-state index contributed by atoms with van der Waals surface area (Å²) < 4.78 is 1.46. The van der Waals surface area contributed by atoms with E-state index in [9.17, 15) is 4.79 Å². The largest absolute Gasteiger partial charge is 0.343 e. The molecule has 0 unspecified atom stereocenters. The summed E-state index contributed by atoms with van der Waals surface area (Å²) in [6.07, 6.45) is 0.902. The second kappa shape index (κ2) is 4.13. The van der Waals surface area contributed by atoms with Crippen LogP contribution in [0, 0.1) is 0 Å². The van der Waals surface area contributed by atoms with Gasteiger partial charge in [-0.1, -0.05) is 37.3 Å². The molecule has 1 aromatic heterocycles. The van der Waals surface area contributed by atoms with Crippen molar-refractivity contribution in [3.63, 3.8) is 0 Å². The fraction of sp³-hybridized carbons (Fsp3) is 0.273. The molecular weight excluding hydrogens is 190 g/mol. The molecule has 0 saturated heterocycles. The van der Waals surface area contributed by atoms with Gasteiger partial charge in [0, 0.05) is 12.1 Å². The van der Waals surface area contributed by atoms with Crippen LogP contribution in [0.25, 0.3) is 11.4 Å². The predicted molar refractivity (Wildman–Crippen MR) is 58.6 cm³/mol. The smallest absolute Gasteiger partial charge is 0.289 e. The molecule has 0 atom stereocenters. The Morgan fingerprint density at radius 3 is 2.73 bits per heavy atom. The maximum atomic E-state index is 11.4. The maximum Gasteiger partial charge on any atom is 0.343 e. The van der Waals surface area contributed by atoms with Crippen LogP contribution in [0.15, 0.2) is 35.1 Å². The summed E-state index contributed by atoms with van der Waals surface area (Å²) in [4.78, 5) is 14.2. The standard InChI is InChI=1S/C11H13N3O/c1-2-8-14-11(15)12-10(13-14)9-6-4-3-5-7-9/h3-7H,2,8H2,1H3,(H,12,13,15). The lowest BCUT2D eigenvalue weighted by Crippen LogP contribution is -2.17. The zero-order valence-electron chi connectivity index (χ0n) is 8.60. The van der Waals surface area contributed by atoms with Crippen LogP contribution >= 0.6 is 0 Å². The Balaban J connectivity index is 2.39. The number of aromatic amines is 1. The van der Waals surface area contributed by atoms with Crippen molar-refractivity contribution in [2.45, 2.75) is 19.9 Å². The average Bonchev–Trinajstić information content (AvgIpc) is 2.63. The SMILES string of the molecule is CCCn1nc(-c2ccccc2)[nH]c1=O. The van der Waals surface area contributed by atoms with E-state index in [1.54, 1.807) is 0 Å². The number of aromatic nitrogens is 3. The van der Waals surface area contributed by atoms with E-state index in [2.05, 4.69) is 10.1 Å². The summed E-state index contributed by atoms with van der Waals surface area (Å²) in [7, 11) is 0. The van der Waals surface area contributed by atoms with Crippen LogP contribution < -0.4 is 5.69 Å². The van der Waals surface area contributed by atoms with Crippen molar-refractivity contribution in [1.29, 1.82) is 0 Å². The topological polar surface area (TPSA) is 50.7 Å². The van der Waals surface area contributed by atoms with Gasteiger partial charge in [0.05, 0.1) is 0 Å². The van der Waals surface area contributed by atoms with Gasteiger partial charge >= 0.3 is 5.69 Å². The zero-order chi connectivity index (χ0) is 10.7. The fourth-order valence-corrected chi connectivity index (χ4v) is 1.45. The first-order valence-corrected chi connectivity index (χ1v) is 5.04. The van der Waals surface area contributed by atoms with E-state index in [-0.39, 0.29) is 5.69 Å². The van der Waals surface area contributed by atoms with Gasteiger partial charge in [-0.05, 0) is 6.42 Å². The quantitative estimate of drug-likeness (QED) is 0.824. The second-order valence-electron chi connectivity index (χ2n) is 3.37. The highest BCUT2D eigenvalue weighted by molar-refractivity contribution is 5.53. The maximum absolute atomic E-state index is 11.4. The lowest BCUT2D eigenvalue weighted by atomic mass is 10.2. The average molecular weight is 203 g/mol. The number of hydrogen-bond acceptors (Lipinski definition) is 2. The first-order chi connectivity index (χ1) is 7.31. The van der Waals surface area contributed by atoms with Gasteiger partial charge in [-0.3, -0.25) is 4.98 Å². The van der Waals surface area contributed by atoms with Crippen LogP contribution in [0.3, 0.4) is 0 Å². The van der Waals surface area contributed by atoms with E-state index in [0.29, 0.717) is 12.4 Å². The van der Waals surface area contributed by atoms with Crippen molar-refractivity contribution < 1.29 is 0 Å². The summed E-state index contributed by atoms with van der Waals surface area (Å²) in [5, 5.41) is 4.22. The molecular formula is C11H13N3O. The highest BCUT2D eigenvalue weighted by atomic mass is 16.1. The van der Waals surface area contributed by atoms with E-state index in [1.807, 2.05) is 37.3 Å². The third-order valence-corrected chi connectivity index (χ3v) is 2.16. The molecule has 4 nitrogen and oxygen atoms in total. The van der Waals surface area contributed by atoms with E-state index in [0.717, 1.165) is 12.0 Å². The molecule has 15 heavy (non-hydrogen) atoms. The molecule has 4 heteroatoms. The van der Waals surface area contributed by atoms with Crippen molar-refractivity contribution in [3.05, 3.63) is 40.8 Å². The molecule has 0 bridgehead atoms. The molecule has 78 valence electrons. The fourth-order valence-electron chi connectivity index (χ4n) is 1.45. The third-order valence-electron chi connectivity index (χ3n) is 2.16. The van der Waals surface area contributed by atoms with E-state index >= 15 is 0 Å².